The van der Waals surface area contributed by atoms with E-state index in [0.29, 0.717) is 12.2 Å². The summed E-state index contributed by atoms with van der Waals surface area (Å²) in [5, 5.41) is 9.82. The average Bonchev–Trinajstić information content (AvgIpc) is 3.08. The van der Waals surface area contributed by atoms with Gasteiger partial charge in [-0.05, 0) is 37.8 Å². The molecule has 1 aliphatic rings. The van der Waals surface area contributed by atoms with E-state index in [1.807, 2.05) is 36.9 Å². The van der Waals surface area contributed by atoms with Crippen molar-refractivity contribution in [3.8, 4) is 5.75 Å². The zero-order valence-corrected chi connectivity index (χ0v) is 16.0. The molecule has 27 heavy (non-hydrogen) atoms. The summed E-state index contributed by atoms with van der Waals surface area (Å²) in [6.07, 6.45) is 3.45. The SMILES string of the molecule is CC(=O)Nc1cn[nH]c1[C@@H]1CCCN(C(=O)COc2c(C)cccc2C)C1. The molecule has 0 radical (unpaired) electrons. The van der Waals surface area contributed by atoms with Gasteiger partial charge in [0, 0.05) is 25.9 Å². The largest absolute Gasteiger partial charge is 0.483 e. The highest BCUT2D eigenvalue weighted by Crippen LogP contribution is 2.30. The van der Waals surface area contributed by atoms with Crippen molar-refractivity contribution < 1.29 is 14.3 Å². The molecule has 3 rings (SSSR count). The lowest BCUT2D eigenvalue weighted by atomic mass is 9.94. The van der Waals surface area contributed by atoms with Crippen LogP contribution in [0.15, 0.2) is 24.4 Å². The zero-order valence-electron chi connectivity index (χ0n) is 16.0. The van der Waals surface area contributed by atoms with E-state index in [1.165, 1.54) is 6.92 Å². The van der Waals surface area contributed by atoms with Crippen molar-refractivity contribution in [3.63, 3.8) is 0 Å². The summed E-state index contributed by atoms with van der Waals surface area (Å²) in [4.78, 5) is 25.9. The third kappa shape index (κ3) is 4.48. The summed E-state index contributed by atoms with van der Waals surface area (Å²) in [5.41, 5.74) is 3.61. The van der Waals surface area contributed by atoms with Crippen LogP contribution in [0, 0.1) is 13.8 Å². The number of aromatic amines is 1. The molecule has 2 heterocycles. The van der Waals surface area contributed by atoms with Gasteiger partial charge in [-0.25, -0.2) is 0 Å². The lowest BCUT2D eigenvalue weighted by Crippen LogP contribution is -2.41. The Kier molecular flexibility index (Phi) is 5.78. The predicted octanol–water partition coefficient (Wildman–Crippen LogP) is 2.77. The first-order valence-electron chi connectivity index (χ1n) is 9.23. The van der Waals surface area contributed by atoms with E-state index in [-0.39, 0.29) is 24.3 Å². The molecule has 0 aliphatic carbocycles. The van der Waals surface area contributed by atoms with Gasteiger partial charge in [0.2, 0.25) is 5.91 Å². The maximum Gasteiger partial charge on any atom is 0.260 e. The van der Waals surface area contributed by atoms with E-state index in [0.717, 1.165) is 42.0 Å². The normalized spacial score (nSPS) is 16.9. The minimum Gasteiger partial charge on any atom is -0.483 e. The fourth-order valence-corrected chi connectivity index (χ4v) is 3.59. The fourth-order valence-electron chi connectivity index (χ4n) is 3.59. The molecule has 7 heteroatoms. The Morgan fingerprint density at radius 1 is 1.33 bits per heavy atom. The lowest BCUT2D eigenvalue weighted by molar-refractivity contribution is -0.134. The highest BCUT2D eigenvalue weighted by molar-refractivity contribution is 5.89. The Morgan fingerprint density at radius 3 is 2.78 bits per heavy atom. The van der Waals surface area contributed by atoms with Crippen LogP contribution in [-0.4, -0.2) is 46.6 Å². The van der Waals surface area contributed by atoms with E-state index in [1.54, 1.807) is 6.20 Å². The fraction of sp³-hybridized carbons (Fsp3) is 0.450. The number of aromatic nitrogens is 2. The molecule has 1 fully saturated rings. The van der Waals surface area contributed by atoms with Crippen molar-refractivity contribution in [2.24, 2.45) is 0 Å². The predicted molar refractivity (Wildman–Crippen MR) is 103 cm³/mol. The van der Waals surface area contributed by atoms with Crippen molar-refractivity contribution in [2.75, 3.05) is 25.0 Å². The van der Waals surface area contributed by atoms with Gasteiger partial charge in [0.15, 0.2) is 6.61 Å². The van der Waals surface area contributed by atoms with Gasteiger partial charge in [-0.2, -0.15) is 5.10 Å². The summed E-state index contributed by atoms with van der Waals surface area (Å²) < 4.78 is 5.82. The first kappa shape index (κ1) is 18.9. The molecule has 1 aromatic carbocycles. The molecule has 0 spiro atoms. The molecular formula is C20H26N4O3. The highest BCUT2D eigenvalue weighted by Gasteiger charge is 2.28. The van der Waals surface area contributed by atoms with Crippen LogP contribution in [0.1, 0.15) is 42.5 Å². The minimum atomic E-state index is -0.136. The number of nitrogens with one attached hydrogen (secondary N) is 2. The average molecular weight is 370 g/mol. The summed E-state index contributed by atoms with van der Waals surface area (Å²) >= 11 is 0. The van der Waals surface area contributed by atoms with Crippen molar-refractivity contribution in [1.29, 1.82) is 0 Å². The number of hydrogen-bond donors (Lipinski definition) is 2. The molecule has 144 valence electrons. The quantitative estimate of drug-likeness (QED) is 0.847. The number of benzene rings is 1. The number of carbonyl (C=O) groups is 2. The number of ether oxygens (including phenoxy) is 1. The van der Waals surface area contributed by atoms with Gasteiger partial charge < -0.3 is 15.0 Å². The molecule has 1 aliphatic heterocycles. The molecule has 2 aromatic rings. The zero-order chi connectivity index (χ0) is 19.4. The van der Waals surface area contributed by atoms with Crippen LogP contribution in [-0.2, 0) is 9.59 Å². The van der Waals surface area contributed by atoms with E-state index >= 15 is 0 Å². The second-order valence-electron chi connectivity index (χ2n) is 7.07. The van der Waals surface area contributed by atoms with Crippen molar-refractivity contribution in [2.45, 2.75) is 39.5 Å². The smallest absolute Gasteiger partial charge is 0.260 e. The molecule has 7 nitrogen and oxygen atoms in total. The first-order valence-corrected chi connectivity index (χ1v) is 9.23. The third-order valence-electron chi connectivity index (χ3n) is 4.91. The number of piperidine rings is 1. The monoisotopic (exact) mass is 370 g/mol. The van der Waals surface area contributed by atoms with Crippen LogP contribution < -0.4 is 10.1 Å². The maximum atomic E-state index is 12.7. The van der Waals surface area contributed by atoms with Gasteiger partial charge in [-0.15, -0.1) is 0 Å². The number of H-pyrrole nitrogens is 1. The third-order valence-corrected chi connectivity index (χ3v) is 4.91. The maximum absolute atomic E-state index is 12.7. The Labute approximate surface area is 159 Å². The van der Waals surface area contributed by atoms with Crippen LogP contribution >= 0.6 is 0 Å². The molecular weight excluding hydrogens is 344 g/mol. The van der Waals surface area contributed by atoms with E-state index in [4.69, 9.17) is 4.74 Å². The molecule has 2 amide bonds. The van der Waals surface area contributed by atoms with Crippen molar-refractivity contribution in [3.05, 3.63) is 41.2 Å². The van der Waals surface area contributed by atoms with Crippen LogP contribution in [0.3, 0.4) is 0 Å². The van der Waals surface area contributed by atoms with Gasteiger partial charge in [-0.3, -0.25) is 14.7 Å². The molecule has 0 bridgehead atoms. The number of rotatable bonds is 5. The number of para-hydroxylation sites is 1. The van der Waals surface area contributed by atoms with Crippen molar-refractivity contribution >= 4 is 17.5 Å². The number of nitrogens with zero attached hydrogens (tertiary/aromatic N) is 2. The molecule has 2 N–H and O–H groups in total. The Balaban J connectivity index is 1.63. The summed E-state index contributed by atoms with van der Waals surface area (Å²) in [6.45, 7) is 6.76. The van der Waals surface area contributed by atoms with Crippen molar-refractivity contribution in [1.82, 2.24) is 15.1 Å². The highest BCUT2D eigenvalue weighted by atomic mass is 16.5. The Morgan fingerprint density at radius 2 is 2.07 bits per heavy atom. The van der Waals surface area contributed by atoms with Crippen LogP contribution in [0.25, 0.3) is 0 Å². The minimum absolute atomic E-state index is 0.0251. The van der Waals surface area contributed by atoms with Gasteiger partial charge in [0.05, 0.1) is 17.6 Å². The second-order valence-corrected chi connectivity index (χ2v) is 7.07. The summed E-state index contributed by atoms with van der Waals surface area (Å²) in [5.74, 6) is 0.736. The second kappa shape index (κ2) is 8.24. The van der Waals surface area contributed by atoms with Crippen LogP contribution in [0.4, 0.5) is 5.69 Å². The van der Waals surface area contributed by atoms with Gasteiger partial charge >= 0.3 is 0 Å². The lowest BCUT2D eigenvalue weighted by Gasteiger charge is -2.32. The van der Waals surface area contributed by atoms with Gasteiger partial charge in [-0.1, -0.05) is 18.2 Å². The Hall–Kier alpha value is -2.83. The molecule has 1 aromatic heterocycles. The number of likely N-dealkylation sites (tertiary alicyclic amines) is 1. The molecule has 0 saturated carbocycles. The summed E-state index contributed by atoms with van der Waals surface area (Å²) in [6, 6.07) is 5.93. The molecule has 1 atom stereocenters. The number of amides is 2. The van der Waals surface area contributed by atoms with Gasteiger partial charge in [0.25, 0.3) is 5.91 Å². The van der Waals surface area contributed by atoms with Crippen LogP contribution in [0.5, 0.6) is 5.75 Å². The number of hydrogen-bond acceptors (Lipinski definition) is 4. The number of aryl methyl sites for hydroxylation is 2. The van der Waals surface area contributed by atoms with Gasteiger partial charge in [0.1, 0.15) is 5.75 Å². The molecule has 1 saturated heterocycles. The van der Waals surface area contributed by atoms with E-state index in [9.17, 15) is 9.59 Å². The number of anilines is 1. The standard InChI is InChI=1S/C20H26N4O3/c1-13-6-4-7-14(2)20(13)27-12-18(26)24-9-5-8-16(11-24)19-17(10-21-23-19)22-15(3)25/h4,6-7,10,16H,5,8-9,11-12H2,1-3H3,(H,21,23)(H,22,25)/t16-/m1/s1. The van der Waals surface area contributed by atoms with Crippen LogP contribution in [0.2, 0.25) is 0 Å². The molecule has 0 unspecified atom stereocenters. The summed E-state index contributed by atoms with van der Waals surface area (Å²) in [7, 11) is 0. The Bertz CT molecular complexity index is 810. The number of carbonyl (C=O) groups excluding carboxylic acids is 2. The van der Waals surface area contributed by atoms with E-state index in [2.05, 4.69) is 15.5 Å². The topological polar surface area (TPSA) is 87.3 Å². The van der Waals surface area contributed by atoms with E-state index < -0.39 is 0 Å². The first-order chi connectivity index (χ1) is 13.0.